The van der Waals surface area contributed by atoms with E-state index in [0.717, 1.165) is 16.1 Å². The number of nitrogens with one attached hydrogen (secondary N) is 1. The molecule has 1 amide bonds. The molecule has 0 bridgehead atoms. The highest BCUT2D eigenvalue weighted by atomic mass is 35.5. The Balaban J connectivity index is 1.62. The van der Waals surface area contributed by atoms with Crippen LogP contribution in [0.5, 0.6) is 0 Å². The van der Waals surface area contributed by atoms with Gasteiger partial charge in [0.2, 0.25) is 0 Å². The van der Waals surface area contributed by atoms with Crippen molar-refractivity contribution in [3.8, 4) is 16.9 Å². The maximum Gasteiger partial charge on any atom is 0.259 e. The first kappa shape index (κ1) is 17.3. The van der Waals surface area contributed by atoms with Crippen LogP contribution < -0.4 is 5.32 Å². The van der Waals surface area contributed by atoms with Crippen molar-refractivity contribution in [2.75, 3.05) is 5.32 Å². The Hall–Kier alpha value is -3.10. The molecule has 2 aromatic carbocycles. The van der Waals surface area contributed by atoms with Gasteiger partial charge in [-0.1, -0.05) is 35.9 Å². The summed E-state index contributed by atoms with van der Waals surface area (Å²) in [6, 6.07) is 14.5. The Morgan fingerprint density at radius 2 is 1.93 bits per heavy atom. The molecule has 1 N–H and O–H groups in total. The van der Waals surface area contributed by atoms with Crippen LogP contribution in [0, 0.1) is 6.92 Å². The molecule has 27 heavy (non-hydrogen) atoms. The van der Waals surface area contributed by atoms with Crippen molar-refractivity contribution in [2.24, 2.45) is 0 Å². The van der Waals surface area contributed by atoms with Crippen molar-refractivity contribution < 1.29 is 4.79 Å². The van der Waals surface area contributed by atoms with E-state index in [0.29, 0.717) is 21.4 Å². The Morgan fingerprint density at radius 1 is 1.15 bits per heavy atom. The summed E-state index contributed by atoms with van der Waals surface area (Å²) in [5.74, 6) is -0.280. The lowest BCUT2D eigenvalue weighted by Gasteiger charge is -2.07. The number of hydrogen-bond donors (Lipinski definition) is 1. The molecule has 2 heterocycles. The molecular formula is C18H13ClN6OS. The molecule has 0 saturated carbocycles. The highest BCUT2D eigenvalue weighted by Crippen LogP contribution is 2.31. The van der Waals surface area contributed by atoms with Gasteiger partial charge in [0.1, 0.15) is 6.33 Å². The third kappa shape index (κ3) is 3.57. The zero-order chi connectivity index (χ0) is 18.8. The minimum Gasteiger partial charge on any atom is -0.298 e. The summed E-state index contributed by atoms with van der Waals surface area (Å²) in [6.07, 6.45) is 1.44. The fraction of sp³-hybridized carbons (Fsp3) is 0.0556. The predicted octanol–water partition coefficient (Wildman–Crippen LogP) is 4.00. The summed E-state index contributed by atoms with van der Waals surface area (Å²) in [4.78, 5) is 18.4. The van der Waals surface area contributed by atoms with Crippen molar-refractivity contribution in [3.63, 3.8) is 0 Å². The maximum absolute atomic E-state index is 12.8. The van der Waals surface area contributed by atoms with E-state index in [9.17, 15) is 4.79 Å². The lowest BCUT2D eigenvalue weighted by Crippen LogP contribution is -2.15. The minimum absolute atomic E-state index is 0.280. The Labute approximate surface area is 163 Å². The summed E-state index contributed by atoms with van der Waals surface area (Å²) in [6.45, 7) is 1.96. The van der Waals surface area contributed by atoms with Gasteiger partial charge in [-0.15, -0.1) is 16.4 Å². The molecule has 0 aliphatic carbocycles. The Kier molecular flexibility index (Phi) is 4.66. The van der Waals surface area contributed by atoms with Crippen LogP contribution in [-0.4, -0.2) is 31.1 Å². The summed E-state index contributed by atoms with van der Waals surface area (Å²) in [7, 11) is 0. The van der Waals surface area contributed by atoms with E-state index in [1.54, 1.807) is 18.2 Å². The SMILES string of the molecule is Cc1sc(NC(=O)c2ccccc2-n2cnnn2)nc1-c1ccc(Cl)cc1. The quantitative estimate of drug-likeness (QED) is 0.563. The number of tetrazole rings is 1. The van der Waals surface area contributed by atoms with Crippen molar-refractivity contribution in [1.29, 1.82) is 0 Å². The number of halogens is 1. The van der Waals surface area contributed by atoms with E-state index in [2.05, 4.69) is 25.8 Å². The van der Waals surface area contributed by atoms with Crippen LogP contribution in [-0.2, 0) is 0 Å². The number of carbonyl (C=O) groups is 1. The molecule has 4 rings (SSSR count). The molecule has 134 valence electrons. The number of aryl methyl sites for hydroxylation is 1. The smallest absolute Gasteiger partial charge is 0.259 e. The molecular weight excluding hydrogens is 384 g/mol. The summed E-state index contributed by atoms with van der Waals surface area (Å²) < 4.78 is 1.45. The number of aromatic nitrogens is 5. The van der Waals surface area contributed by atoms with E-state index in [4.69, 9.17) is 11.6 Å². The monoisotopic (exact) mass is 396 g/mol. The van der Waals surface area contributed by atoms with E-state index < -0.39 is 0 Å². The van der Waals surface area contributed by atoms with Crippen LogP contribution in [0.2, 0.25) is 5.02 Å². The van der Waals surface area contributed by atoms with Crippen molar-refractivity contribution in [1.82, 2.24) is 25.2 Å². The van der Waals surface area contributed by atoms with E-state index in [1.165, 1.54) is 22.3 Å². The minimum atomic E-state index is -0.280. The molecule has 0 atom stereocenters. The molecule has 7 nitrogen and oxygen atoms in total. The van der Waals surface area contributed by atoms with Crippen LogP contribution in [0.3, 0.4) is 0 Å². The number of rotatable bonds is 4. The number of nitrogens with zero attached hydrogens (tertiary/aromatic N) is 5. The summed E-state index contributed by atoms with van der Waals surface area (Å²) >= 11 is 7.36. The van der Waals surface area contributed by atoms with Crippen molar-refractivity contribution in [3.05, 3.63) is 70.3 Å². The number of amides is 1. The second kappa shape index (κ2) is 7.26. The van der Waals surface area contributed by atoms with Crippen LogP contribution in [0.1, 0.15) is 15.2 Å². The molecule has 0 aliphatic heterocycles. The number of carbonyl (C=O) groups excluding carboxylic acids is 1. The van der Waals surface area contributed by atoms with E-state index >= 15 is 0 Å². The fourth-order valence-electron chi connectivity index (χ4n) is 2.63. The highest BCUT2D eigenvalue weighted by molar-refractivity contribution is 7.16. The standard InChI is InChI=1S/C18H13ClN6OS/c1-11-16(12-6-8-13(19)9-7-12)21-18(27-11)22-17(26)14-4-2-3-5-15(14)25-10-20-23-24-25/h2-10H,1H3,(H,21,22,26). The molecule has 2 aromatic heterocycles. The highest BCUT2D eigenvalue weighted by Gasteiger charge is 2.16. The second-order valence-corrected chi connectivity index (χ2v) is 7.30. The first-order valence-electron chi connectivity index (χ1n) is 7.99. The molecule has 0 fully saturated rings. The fourth-order valence-corrected chi connectivity index (χ4v) is 3.58. The number of benzene rings is 2. The van der Waals surface area contributed by atoms with Gasteiger partial charge in [-0.05, 0) is 41.6 Å². The van der Waals surface area contributed by atoms with Gasteiger partial charge >= 0.3 is 0 Å². The van der Waals surface area contributed by atoms with Gasteiger partial charge < -0.3 is 0 Å². The summed E-state index contributed by atoms with van der Waals surface area (Å²) in [5.41, 5.74) is 2.81. The van der Waals surface area contributed by atoms with Gasteiger partial charge in [0.05, 0.1) is 16.9 Å². The Bertz CT molecular complexity index is 1090. The van der Waals surface area contributed by atoms with Gasteiger partial charge in [-0.2, -0.15) is 4.68 Å². The third-order valence-corrected chi connectivity index (χ3v) is 5.02. The Morgan fingerprint density at radius 3 is 2.67 bits per heavy atom. The molecule has 9 heteroatoms. The number of anilines is 1. The lowest BCUT2D eigenvalue weighted by molar-refractivity contribution is 0.102. The topological polar surface area (TPSA) is 85.6 Å². The van der Waals surface area contributed by atoms with Crippen LogP contribution in [0.15, 0.2) is 54.9 Å². The van der Waals surface area contributed by atoms with Gasteiger partial charge in [0.15, 0.2) is 5.13 Å². The van der Waals surface area contributed by atoms with Gasteiger partial charge in [-0.25, -0.2) is 4.98 Å². The van der Waals surface area contributed by atoms with Crippen LogP contribution in [0.4, 0.5) is 5.13 Å². The zero-order valence-electron chi connectivity index (χ0n) is 14.1. The largest absolute Gasteiger partial charge is 0.298 e. The lowest BCUT2D eigenvalue weighted by atomic mass is 10.1. The van der Waals surface area contributed by atoms with Crippen LogP contribution in [0.25, 0.3) is 16.9 Å². The number of para-hydroxylation sites is 1. The predicted molar refractivity (Wildman–Crippen MR) is 104 cm³/mol. The van der Waals surface area contributed by atoms with E-state index in [-0.39, 0.29) is 5.91 Å². The number of thiazole rings is 1. The first-order chi connectivity index (χ1) is 13.1. The molecule has 0 spiro atoms. The second-order valence-electron chi connectivity index (χ2n) is 5.66. The zero-order valence-corrected chi connectivity index (χ0v) is 15.7. The van der Waals surface area contributed by atoms with Crippen LogP contribution >= 0.6 is 22.9 Å². The third-order valence-electron chi connectivity index (χ3n) is 3.88. The molecule has 0 unspecified atom stereocenters. The van der Waals surface area contributed by atoms with Crippen molar-refractivity contribution in [2.45, 2.75) is 6.92 Å². The molecule has 0 aliphatic rings. The average molecular weight is 397 g/mol. The van der Waals surface area contributed by atoms with Gasteiger partial charge in [-0.3, -0.25) is 10.1 Å². The van der Waals surface area contributed by atoms with Gasteiger partial charge in [0, 0.05) is 15.5 Å². The molecule has 0 saturated heterocycles. The normalized spacial score (nSPS) is 10.7. The molecule has 0 radical (unpaired) electrons. The maximum atomic E-state index is 12.8. The molecule has 4 aromatic rings. The van der Waals surface area contributed by atoms with E-state index in [1.807, 2.05) is 37.3 Å². The van der Waals surface area contributed by atoms with Gasteiger partial charge in [0.25, 0.3) is 5.91 Å². The first-order valence-corrected chi connectivity index (χ1v) is 9.18. The van der Waals surface area contributed by atoms with Crippen molar-refractivity contribution >= 4 is 34.0 Å². The number of hydrogen-bond acceptors (Lipinski definition) is 6. The average Bonchev–Trinajstić information content (AvgIpc) is 3.32. The summed E-state index contributed by atoms with van der Waals surface area (Å²) in [5, 5.41) is 15.1.